The van der Waals surface area contributed by atoms with Crippen LogP contribution in [0.4, 0.5) is 58.7 Å². The second-order valence-corrected chi connectivity index (χ2v) is 39.3. The number of aromatic nitrogens is 2. The van der Waals surface area contributed by atoms with E-state index in [9.17, 15) is 92.3 Å². The Morgan fingerprint density at radius 3 is 1.06 bits per heavy atom. The average molecular weight is 2010 g/mol. The minimum Gasteiger partial charge on any atom is -0.481 e. The van der Waals surface area contributed by atoms with E-state index in [1.165, 1.54) is 51.1 Å². The number of nitrogens with zero attached hydrogens (tertiary/aromatic N) is 6. The number of hydrogen-bond donors (Lipinski definition) is 10. The van der Waals surface area contributed by atoms with Crippen molar-refractivity contribution in [3.63, 3.8) is 0 Å². The van der Waals surface area contributed by atoms with Gasteiger partial charge in [0.15, 0.2) is 5.41 Å². The number of carboxylic acids is 4. The van der Waals surface area contributed by atoms with E-state index in [1.807, 2.05) is 50.5 Å². The summed E-state index contributed by atoms with van der Waals surface area (Å²) in [6.45, 7) is 22.5. The smallest absolute Gasteiger partial charge is 0.416 e. The number of alkyl halides is 9. The van der Waals surface area contributed by atoms with Gasteiger partial charge in [-0.3, -0.25) is 49.8 Å². The number of carbonyl (C=O) groups is 11. The number of nitrogens with two attached hydrogens (primary N) is 2. The zero-order valence-electron chi connectivity index (χ0n) is 80.1. The summed E-state index contributed by atoms with van der Waals surface area (Å²) in [6, 6.07) is 37.4. The van der Waals surface area contributed by atoms with Gasteiger partial charge in [-0.1, -0.05) is 113 Å². The summed E-state index contributed by atoms with van der Waals surface area (Å²) in [6.07, 6.45) is -6.28. The predicted molar refractivity (Wildman–Crippen MR) is 508 cm³/mol. The van der Waals surface area contributed by atoms with E-state index in [4.69, 9.17) is 60.6 Å². The molecule has 12 N–H and O–H groups in total. The highest BCUT2D eigenvalue weighted by Gasteiger charge is 2.56. The molecule has 6 fully saturated rings. The second-order valence-electron chi connectivity index (χ2n) is 39.3. The molecule has 780 valence electrons. The molecule has 13 rings (SSSR count). The lowest BCUT2D eigenvalue weighted by atomic mass is 9.98. The van der Waals surface area contributed by atoms with Crippen molar-refractivity contribution in [2.24, 2.45) is 38.7 Å². The summed E-state index contributed by atoms with van der Waals surface area (Å²) in [4.78, 5) is 131. The van der Waals surface area contributed by atoms with Crippen molar-refractivity contribution in [1.29, 1.82) is 5.26 Å². The lowest BCUT2D eigenvalue weighted by Gasteiger charge is -2.27. The number of hydrazine groups is 2. The Labute approximate surface area is 820 Å². The molecule has 41 heteroatoms. The van der Waals surface area contributed by atoms with E-state index in [2.05, 4.69) is 26.4 Å². The van der Waals surface area contributed by atoms with Crippen LogP contribution in [0, 0.1) is 38.4 Å². The zero-order chi connectivity index (χ0) is 104. The molecule has 0 saturated heterocycles. The van der Waals surface area contributed by atoms with Gasteiger partial charge in [0.1, 0.15) is 22.4 Å². The average Bonchev–Trinajstić information content (AvgIpc) is 1.60. The molecule has 0 atom stereocenters. The molecule has 6 saturated carbocycles. The van der Waals surface area contributed by atoms with E-state index in [1.54, 1.807) is 138 Å². The van der Waals surface area contributed by atoms with Crippen molar-refractivity contribution in [3.05, 3.63) is 213 Å². The van der Waals surface area contributed by atoms with E-state index < -0.39 is 156 Å². The van der Waals surface area contributed by atoms with Gasteiger partial charge in [-0.25, -0.2) is 25.0 Å². The van der Waals surface area contributed by atoms with Crippen LogP contribution >= 0.6 is 0 Å². The van der Waals surface area contributed by atoms with Gasteiger partial charge in [0, 0.05) is 70.6 Å². The number of carbonyl (C=O) groups excluding carboxylic acids is 7. The number of ether oxygens (including phenoxy) is 4. The van der Waals surface area contributed by atoms with E-state index in [-0.39, 0.29) is 53.9 Å². The highest BCUT2D eigenvalue weighted by atomic mass is 19.4. The molecule has 1 heterocycles. The molecule has 0 spiro atoms. The van der Waals surface area contributed by atoms with Crippen molar-refractivity contribution in [3.8, 4) is 17.5 Å². The van der Waals surface area contributed by atoms with Gasteiger partial charge in [0.2, 0.25) is 17.7 Å². The maximum absolute atomic E-state index is 12.9. The SMILES string of the molecule is C.C.C.CC(C)(C)OC(=O)NCC1(C(=O)O)CC1.CN(CC1(C(=O)NNC(=O)c2ccccc2Cc2ccc(C(F)(F)F)cc2)CC1)C(=O)OC(C)(C)C.CN(CC1(C(=O)O)CC1)C(=O)OC(C)(C)C.CN(CC1(c2nnc(-c3ccccc3Cc3ccc(C(F)(F)F)cc3)o2)CC1)C(=O)OC(C)(C)C.N#CC1(C(=O)O)CC1.NCC1(C(=O)O)CC1.NNC(=O)c1ccccc1Cc1ccc(C(F)(F)F)cc1. The van der Waals surface area contributed by atoms with Gasteiger partial charge in [-0.05, 0) is 267 Å². The fraction of sp³-hybridized carbons (Fsp3) is 0.505. The number of nitriles is 1. The Morgan fingerprint density at radius 1 is 0.423 bits per heavy atom. The number of alkyl carbamates (subject to hydrolysis) is 1. The minimum atomic E-state index is -4.42. The molecule has 142 heavy (non-hydrogen) atoms. The number of carboxylic acid groups (broad SMARTS) is 4. The Kier molecular flexibility index (Phi) is 41.6. The molecule has 0 unspecified atom stereocenters. The van der Waals surface area contributed by atoms with E-state index in [0.717, 1.165) is 78.8 Å². The first-order chi connectivity index (χ1) is 64.3. The molecule has 7 aromatic rings. The standard InChI is InChI=1S/C26H30F3N3O4.C26H28F3N3O3.C15H13F3N2O.C11H19NO4.C10H17NO4.C5H9NO2.C5H5NO2.3CH4/c1-24(2,3)36-23(35)32(4)16-25(13-14-25)22(34)31-30-21(33)20-8-6-5-7-18(20)15-17-9-11-19(12-10-17)26(27,28)29;1-24(2,3)35-23(33)32(4)16-25(13-14-25)22-31-30-21(34-22)20-8-6-5-7-18(20)15-17-9-11-19(12-10-17)26(27,28)29;16-15(17,18)12-7-5-10(6-8-12)9-11-3-1-2-4-13(11)14(21)20-19;1-10(2,3)16-9(15)12(4)7-11(5-6-11)8(13)14;1-9(2,3)15-8(14)11-6-10(4-5-10)7(12)13;2*6-3-5(1-2-5)4(7)8;;;/h5-12H,13-16H2,1-4H3,(H,30,33)(H,31,34);5-12H,13-16H2,1-4H3;1-8H,9,19H2,(H,20,21);5-7H2,1-4H3,(H,13,14);4-6H2,1-3H3,(H,11,14)(H,12,13);1-3,6H2,(H,7,8);1-2H2,(H,7,8);3*1H4. The van der Waals surface area contributed by atoms with Crippen molar-refractivity contribution in [2.45, 2.75) is 248 Å². The first kappa shape index (κ1) is 121. The van der Waals surface area contributed by atoms with Crippen molar-refractivity contribution in [1.82, 2.24) is 46.5 Å². The lowest BCUT2D eigenvalue weighted by molar-refractivity contribution is -0.144. The third-order valence-electron chi connectivity index (χ3n) is 22.7. The van der Waals surface area contributed by atoms with Gasteiger partial charge in [-0.2, -0.15) is 44.8 Å². The third-order valence-corrected chi connectivity index (χ3v) is 22.7. The first-order valence-electron chi connectivity index (χ1n) is 44.3. The molecular formula is C101H133F9N12O20. The Bertz CT molecular complexity index is 5520. The van der Waals surface area contributed by atoms with Crippen LogP contribution in [-0.2, 0) is 86.1 Å². The fourth-order valence-corrected chi connectivity index (χ4v) is 13.4. The number of halogens is 9. The van der Waals surface area contributed by atoms with Crippen LogP contribution in [0.3, 0.4) is 0 Å². The number of rotatable bonds is 24. The predicted octanol–water partition coefficient (Wildman–Crippen LogP) is 19.0. The fourth-order valence-electron chi connectivity index (χ4n) is 13.4. The molecule has 6 aromatic carbocycles. The van der Waals surface area contributed by atoms with Crippen molar-refractivity contribution < 1.29 is 136 Å². The summed E-state index contributed by atoms with van der Waals surface area (Å²) >= 11 is 0. The number of likely N-dealkylation sites (N-methyl/N-ethyl adjacent to an activating group) is 1. The molecular weight excluding hydrogens is 1870 g/mol. The van der Waals surface area contributed by atoms with Crippen LogP contribution in [-0.4, -0.2) is 188 Å². The molecule has 7 amide bonds. The van der Waals surface area contributed by atoms with Crippen LogP contribution in [0.25, 0.3) is 11.5 Å². The zero-order valence-corrected chi connectivity index (χ0v) is 80.1. The number of nitrogens with one attached hydrogen (secondary N) is 4. The maximum Gasteiger partial charge on any atom is 0.416 e. The van der Waals surface area contributed by atoms with Crippen LogP contribution in [0.2, 0.25) is 0 Å². The van der Waals surface area contributed by atoms with Crippen LogP contribution in [0.15, 0.2) is 150 Å². The summed E-state index contributed by atoms with van der Waals surface area (Å²) in [7, 11) is 4.80. The molecule has 0 bridgehead atoms. The number of benzene rings is 6. The molecule has 6 aliphatic carbocycles. The van der Waals surface area contributed by atoms with Crippen LogP contribution < -0.4 is 33.2 Å². The van der Waals surface area contributed by atoms with Crippen molar-refractivity contribution >= 4 is 66.0 Å². The molecule has 32 nitrogen and oxygen atoms in total. The van der Waals surface area contributed by atoms with Crippen LogP contribution in [0.1, 0.15) is 259 Å². The number of aliphatic carboxylic acids is 4. The Hall–Kier alpha value is -13.4. The normalized spacial score (nSPS) is 15.4. The third kappa shape index (κ3) is 36.9. The number of amides is 7. The molecule has 6 aliphatic rings. The monoisotopic (exact) mass is 2000 g/mol. The quantitative estimate of drug-likeness (QED) is 0.00883. The minimum absolute atomic E-state index is 0. The topological polar surface area (TPSA) is 478 Å². The van der Waals surface area contributed by atoms with E-state index in [0.29, 0.717) is 117 Å². The number of nitrogen functional groups attached to an aromatic ring is 1. The summed E-state index contributed by atoms with van der Waals surface area (Å²) in [5, 5.41) is 53.8. The summed E-state index contributed by atoms with van der Waals surface area (Å²) < 4.78 is 142. The lowest BCUT2D eigenvalue weighted by Crippen LogP contribution is -2.49. The highest BCUT2D eigenvalue weighted by Crippen LogP contribution is 2.51. The highest BCUT2D eigenvalue weighted by molar-refractivity contribution is 5.98. The largest absolute Gasteiger partial charge is 0.481 e. The van der Waals surface area contributed by atoms with Gasteiger partial charge in [-0.15, -0.1) is 10.2 Å². The summed E-state index contributed by atoms with van der Waals surface area (Å²) in [5.74, 6) is 1.13. The molecule has 1 aromatic heterocycles. The first-order valence-corrected chi connectivity index (χ1v) is 44.3. The Morgan fingerprint density at radius 2 is 0.761 bits per heavy atom. The molecule has 0 radical (unpaired) electrons. The second kappa shape index (κ2) is 48.9. The Balaban J connectivity index is 0.000000365. The molecule has 0 aliphatic heterocycles. The van der Waals surface area contributed by atoms with Crippen molar-refractivity contribution in [2.75, 3.05) is 53.9 Å². The maximum atomic E-state index is 12.9. The number of hydrogen-bond acceptors (Lipinski definition) is 21. The van der Waals surface area contributed by atoms with Crippen LogP contribution in [0.5, 0.6) is 0 Å². The van der Waals surface area contributed by atoms with Gasteiger partial charge in [0.05, 0.1) is 49.8 Å². The van der Waals surface area contributed by atoms with E-state index >= 15 is 0 Å². The van der Waals surface area contributed by atoms with Gasteiger partial charge in [0.25, 0.3) is 11.8 Å². The van der Waals surface area contributed by atoms with Gasteiger partial charge >= 0.3 is 66.8 Å². The summed E-state index contributed by atoms with van der Waals surface area (Å²) in [5.41, 5.74) is 9.04. The van der Waals surface area contributed by atoms with Gasteiger partial charge < -0.3 is 69.5 Å².